The van der Waals surface area contributed by atoms with Gasteiger partial charge in [0.2, 0.25) is 11.8 Å². The molecule has 0 aromatic rings. The minimum absolute atomic E-state index is 0.138. The van der Waals surface area contributed by atoms with E-state index < -0.39 is 12.1 Å². The number of carbonyl (C=O) groups excluding carboxylic acids is 2. The van der Waals surface area contributed by atoms with Crippen LogP contribution in [0.15, 0.2) is 10.2 Å². The molecule has 0 saturated carbocycles. The van der Waals surface area contributed by atoms with Crippen molar-refractivity contribution in [1.82, 2.24) is 9.80 Å². The van der Waals surface area contributed by atoms with E-state index in [1.54, 1.807) is 0 Å². The summed E-state index contributed by atoms with van der Waals surface area (Å²) < 4.78 is 0. The Kier molecular flexibility index (Phi) is 2.89. The lowest BCUT2D eigenvalue weighted by Gasteiger charge is -2.38. The molecule has 3 fully saturated rings. The number of hydrogen-bond donors (Lipinski definition) is 0. The largest absolute Gasteiger partial charge is 0.328 e. The monoisotopic (exact) mass is 276 g/mol. The van der Waals surface area contributed by atoms with Crippen molar-refractivity contribution in [3.8, 4) is 0 Å². The van der Waals surface area contributed by atoms with E-state index in [0.29, 0.717) is 12.8 Å². The molecule has 3 rings (SSSR count). The molecule has 0 N–H and O–H groups in total. The number of azide groups is 2. The maximum Gasteiger partial charge on any atom is 0.246 e. The van der Waals surface area contributed by atoms with Crippen LogP contribution in [0.5, 0.6) is 0 Å². The summed E-state index contributed by atoms with van der Waals surface area (Å²) in [6, 6.07) is -1.77. The van der Waals surface area contributed by atoms with Crippen molar-refractivity contribution in [2.24, 2.45) is 10.2 Å². The van der Waals surface area contributed by atoms with Gasteiger partial charge in [-0.2, -0.15) is 0 Å². The Labute approximate surface area is 113 Å². The third kappa shape index (κ3) is 1.74. The second-order valence-electron chi connectivity index (χ2n) is 5.20. The molecule has 0 aromatic carbocycles. The van der Waals surface area contributed by atoms with E-state index in [1.165, 1.54) is 9.80 Å². The van der Waals surface area contributed by atoms with Gasteiger partial charge in [-0.3, -0.25) is 9.59 Å². The van der Waals surface area contributed by atoms with Crippen LogP contribution in [0.25, 0.3) is 20.9 Å². The molecule has 3 saturated heterocycles. The molecule has 2 unspecified atom stereocenters. The lowest BCUT2D eigenvalue weighted by molar-refractivity contribution is -0.156. The summed E-state index contributed by atoms with van der Waals surface area (Å²) in [5.74, 6) is -0.276. The minimum atomic E-state index is -0.543. The molecule has 104 valence electrons. The average molecular weight is 276 g/mol. The Morgan fingerprint density at radius 3 is 1.65 bits per heavy atom. The van der Waals surface area contributed by atoms with Crippen molar-refractivity contribution in [3.05, 3.63) is 20.9 Å². The third-order valence-electron chi connectivity index (χ3n) is 4.12. The molecular weight excluding hydrogens is 264 g/mol. The van der Waals surface area contributed by atoms with E-state index in [1.807, 2.05) is 0 Å². The third-order valence-corrected chi connectivity index (χ3v) is 4.12. The van der Waals surface area contributed by atoms with Crippen LogP contribution in [0.3, 0.4) is 0 Å². The maximum atomic E-state index is 12.4. The minimum Gasteiger partial charge on any atom is -0.328 e. The molecule has 0 radical (unpaired) electrons. The normalized spacial score (nSPS) is 35.2. The fourth-order valence-electron chi connectivity index (χ4n) is 3.28. The van der Waals surface area contributed by atoms with Gasteiger partial charge < -0.3 is 9.80 Å². The van der Waals surface area contributed by atoms with Gasteiger partial charge in [0.25, 0.3) is 0 Å². The molecule has 0 bridgehead atoms. The lowest BCUT2D eigenvalue weighted by Crippen LogP contribution is -2.60. The molecule has 0 aromatic heterocycles. The van der Waals surface area contributed by atoms with E-state index in [9.17, 15) is 9.59 Å². The summed E-state index contributed by atoms with van der Waals surface area (Å²) in [5.41, 5.74) is 16.9. The topological polar surface area (TPSA) is 138 Å². The van der Waals surface area contributed by atoms with Crippen LogP contribution in [0.2, 0.25) is 0 Å². The van der Waals surface area contributed by atoms with Crippen molar-refractivity contribution in [2.45, 2.75) is 37.0 Å². The summed E-state index contributed by atoms with van der Waals surface area (Å²) in [6.45, 7) is 0.575. The second-order valence-corrected chi connectivity index (χ2v) is 5.20. The molecule has 0 aliphatic carbocycles. The number of nitrogens with zero attached hydrogens (tertiary/aromatic N) is 8. The van der Waals surface area contributed by atoms with Crippen molar-refractivity contribution in [1.29, 1.82) is 0 Å². The summed E-state index contributed by atoms with van der Waals surface area (Å²) in [7, 11) is 0. The van der Waals surface area contributed by atoms with Crippen LogP contribution in [0.1, 0.15) is 12.8 Å². The van der Waals surface area contributed by atoms with Crippen LogP contribution in [-0.4, -0.2) is 58.9 Å². The van der Waals surface area contributed by atoms with E-state index in [4.69, 9.17) is 11.1 Å². The van der Waals surface area contributed by atoms with Gasteiger partial charge in [0, 0.05) is 22.9 Å². The quantitative estimate of drug-likeness (QED) is 0.413. The second kappa shape index (κ2) is 4.59. The zero-order valence-corrected chi connectivity index (χ0v) is 10.5. The van der Waals surface area contributed by atoms with Crippen molar-refractivity contribution >= 4 is 11.8 Å². The van der Waals surface area contributed by atoms with Gasteiger partial charge >= 0.3 is 0 Å². The summed E-state index contributed by atoms with van der Waals surface area (Å²) in [6.07, 6.45) is 0.730. The van der Waals surface area contributed by atoms with E-state index in [-0.39, 0.29) is 37.0 Å². The van der Waals surface area contributed by atoms with Gasteiger partial charge in [0.15, 0.2) is 0 Å². The molecule has 3 aliphatic rings. The molecule has 10 heteroatoms. The zero-order valence-electron chi connectivity index (χ0n) is 10.5. The van der Waals surface area contributed by atoms with E-state index in [0.717, 1.165) is 0 Å². The molecule has 3 aliphatic heterocycles. The Balaban J connectivity index is 1.85. The summed E-state index contributed by atoms with van der Waals surface area (Å²) >= 11 is 0. The van der Waals surface area contributed by atoms with Gasteiger partial charge in [-0.05, 0) is 23.9 Å². The molecule has 4 atom stereocenters. The van der Waals surface area contributed by atoms with Gasteiger partial charge in [0.1, 0.15) is 12.1 Å². The number of carbonyl (C=O) groups is 2. The fourth-order valence-corrected chi connectivity index (χ4v) is 3.28. The van der Waals surface area contributed by atoms with Gasteiger partial charge in [-0.25, -0.2) is 0 Å². The average Bonchev–Trinajstić information content (AvgIpc) is 3.02. The summed E-state index contributed by atoms with van der Waals surface area (Å²) in [5, 5.41) is 7.21. The van der Waals surface area contributed by atoms with Crippen molar-refractivity contribution < 1.29 is 9.59 Å². The molecule has 10 nitrogen and oxygen atoms in total. The van der Waals surface area contributed by atoms with Crippen molar-refractivity contribution in [3.63, 3.8) is 0 Å². The standard InChI is InChI=1S/C10H12N8O2/c11-15-13-5-1-7-9(19)18-4-6(14-16-12)2-8(18)10(20)17(7)3-5/h5-8H,1-4H2/t5-,6-,7?,8?/m0/s1. The molecular formula is C10H12N8O2. The number of amides is 2. The molecule has 3 heterocycles. The Morgan fingerprint density at radius 2 is 1.30 bits per heavy atom. The zero-order chi connectivity index (χ0) is 14.3. The Hall–Kier alpha value is -2.44. The molecule has 20 heavy (non-hydrogen) atoms. The smallest absolute Gasteiger partial charge is 0.246 e. The van der Waals surface area contributed by atoms with Crippen LogP contribution in [0, 0.1) is 0 Å². The number of rotatable bonds is 2. The van der Waals surface area contributed by atoms with Gasteiger partial charge in [0.05, 0.1) is 12.1 Å². The predicted molar refractivity (Wildman–Crippen MR) is 66.1 cm³/mol. The fraction of sp³-hybridized carbons (Fsp3) is 0.800. The first kappa shape index (κ1) is 12.6. The molecule has 2 amide bonds. The van der Waals surface area contributed by atoms with Crippen LogP contribution in [0.4, 0.5) is 0 Å². The maximum absolute atomic E-state index is 12.4. The molecule has 0 spiro atoms. The highest BCUT2D eigenvalue weighted by molar-refractivity contribution is 5.98. The van der Waals surface area contributed by atoms with E-state index in [2.05, 4.69) is 20.1 Å². The lowest BCUT2D eigenvalue weighted by atomic mass is 10.1. The first-order valence-corrected chi connectivity index (χ1v) is 6.35. The van der Waals surface area contributed by atoms with Gasteiger partial charge in [-0.1, -0.05) is 10.2 Å². The van der Waals surface area contributed by atoms with Crippen LogP contribution >= 0.6 is 0 Å². The number of fused-ring (bicyclic) bond motifs is 2. The van der Waals surface area contributed by atoms with Crippen molar-refractivity contribution in [2.75, 3.05) is 13.1 Å². The first-order valence-electron chi connectivity index (χ1n) is 6.35. The Morgan fingerprint density at radius 1 is 0.900 bits per heavy atom. The van der Waals surface area contributed by atoms with Crippen LogP contribution in [-0.2, 0) is 9.59 Å². The SMILES string of the molecule is [N-]=[N+]=N[C@H]1CC2C(=O)N3C[C@@H](N=[N+]=[N-])CC3C(=O)N2C1. The highest BCUT2D eigenvalue weighted by atomic mass is 16.2. The number of piperazine rings is 1. The highest BCUT2D eigenvalue weighted by Gasteiger charge is 2.53. The van der Waals surface area contributed by atoms with E-state index >= 15 is 0 Å². The van der Waals surface area contributed by atoms with Gasteiger partial charge in [-0.15, -0.1) is 0 Å². The number of hydrogen-bond acceptors (Lipinski definition) is 4. The highest BCUT2D eigenvalue weighted by Crippen LogP contribution is 2.34. The first-order chi connectivity index (χ1) is 9.65. The van der Waals surface area contributed by atoms with Crippen LogP contribution < -0.4 is 0 Å². The summed E-state index contributed by atoms with van der Waals surface area (Å²) in [4.78, 5) is 33.3. The Bertz CT molecular complexity index is 486. The predicted octanol–water partition coefficient (Wildman–Crippen LogP) is 0.560.